The fourth-order valence-electron chi connectivity index (χ4n) is 2.85. The predicted octanol–water partition coefficient (Wildman–Crippen LogP) is 2.12. The minimum absolute atomic E-state index is 0. The molecule has 1 atom stereocenters. The van der Waals surface area contributed by atoms with Crippen LogP contribution in [0.25, 0.3) is 0 Å². The summed E-state index contributed by atoms with van der Waals surface area (Å²) in [6.07, 6.45) is 0. The van der Waals surface area contributed by atoms with Gasteiger partial charge in [0.2, 0.25) is 10.0 Å². The number of nitrogens with two attached hydrogens (primary N) is 1. The molecule has 2 aromatic rings. The van der Waals surface area contributed by atoms with Gasteiger partial charge in [-0.25, -0.2) is 13.6 Å². The summed E-state index contributed by atoms with van der Waals surface area (Å²) in [6.45, 7) is 3.68. The normalized spacial score (nSPS) is 17.1. The zero-order valence-corrected chi connectivity index (χ0v) is 16.1. The fourth-order valence-corrected chi connectivity index (χ4v) is 4.78. The lowest BCUT2D eigenvalue weighted by Crippen LogP contribution is -2.43. The van der Waals surface area contributed by atoms with Gasteiger partial charge in [-0.1, -0.05) is 37.3 Å². The number of nitrogens with zero attached hydrogens (tertiary/aromatic N) is 1. The number of hydrogen-bond acceptors (Lipinski definition) is 5. The molecular formula is C16H20ClN3O3S2. The quantitative estimate of drug-likeness (QED) is 0.802. The zero-order chi connectivity index (χ0) is 17.3. The van der Waals surface area contributed by atoms with Crippen LogP contribution in [0.2, 0.25) is 0 Å². The van der Waals surface area contributed by atoms with E-state index >= 15 is 0 Å². The maximum atomic E-state index is 12.8. The maximum absolute atomic E-state index is 12.8. The van der Waals surface area contributed by atoms with Crippen molar-refractivity contribution in [1.82, 2.24) is 10.2 Å². The van der Waals surface area contributed by atoms with E-state index in [0.29, 0.717) is 18.0 Å². The number of rotatable bonds is 5. The molecular weight excluding hydrogens is 382 g/mol. The molecule has 1 aromatic heterocycles. The topological polar surface area (TPSA) is 92.5 Å². The fraction of sp³-hybridized carbons (Fsp3) is 0.312. The molecule has 6 nitrogen and oxygen atoms in total. The van der Waals surface area contributed by atoms with Crippen molar-refractivity contribution in [2.24, 2.45) is 5.14 Å². The summed E-state index contributed by atoms with van der Waals surface area (Å²) in [6, 6.07) is 11.2. The largest absolute Gasteiger partial charge is 0.332 e. The van der Waals surface area contributed by atoms with Crippen LogP contribution in [0.5, 0.6) is 0 Å². The van der Waals surface area contributed by atoms with E-state index in [0.717, 1.165) is 29.0 Å². The van der Waals surface area contributed by atoms with Crippen LogP contribution < -0.4 is 10.5 Å². The number of likely N-dealkylation sites (N-methyl/N-ethyl adjacent to an activating group) is 1. The lowest BCUT2D eigenvalue weighted by atomic mass is 10.0. The lowest BCUT2D eigenvalue weighted by molar-refractivity contribution is 0.0704. The second-order valence-electron chi connectivity index (χ2n) is 5.68. The third-order valence-electron chi connectivity index (χ3n) is 3.95. The van der Waals surface area contributed by atoms with Gasteiger partial charge in [0, 0.05) is 13.1 Å². The minimum atomic E-state index is -3.82. The van der Waals surface area contributed by atoms with Crippen molar-refractivity contribution >= 4 is 39.7 Å². The first-order valence-electron chi connectivity index (χ1n) is 7.63. The SMILES string of the molecule is CCNC1CN(Cc2ccccc2)C(=O)c2sc(S(N)(=O)=O)cc21.Cl. The third-order valence-corrected chi connectivity index (χ3v) is 6.50. The molecule has 1 unspecified atom stereocenters. The van der Waals surface area contributed by atoms with Crippen LogP contribution in [-0.4, -0.2) is 32.3 Å². The van der Waals surface area contributed by atoms with Crippen LogP contribution in [0.4, 0.5) is 0 Å². The monoisotopic (exact) mass is 401 g/mol. The Hall–Kier alpha value is -1.45. The summed E-state index contributed by atoms with van der Waals surface area (Å²) >= 11 is 0.950. The standard InChI is InChI=1S/C16H19N3O3S2.ClH/c1-2-18-13-10-19(9-11-6-4-3-5-7-11)16(20)15-12(13)8-14(23-15)24(17,21)22;/h3-8,13,18H,2,9-10H2,1H3,(H2,17,21,22);1H. The van der Waals surface area contributed by atoms with Gasteiger partial charge in [-0.15, -0.1) is 23.7 Å². The van der Waals surface area contributed by atoms with E-state index in [4.69, 9.17) is 5.14 Å². The highest BCUT2D eigenvalue weighted by molar-refractivity contribution is 7.91. The van der Waals surface area contributed by atoms with E-state index in [-0.39, 0.29) is 28.6 Å². The molecule has 9 heteroatoms. The van der Waals surface area contributed by atoms with Crippen molar-refractivity contribution in [3.8, 4) is 0 Å². The molecule has 0 fully saturated rings. The smallest absolute Gasteiger partial charge is 0.264 e. The van der Waals surface area contributed by atoms with Crippen molar-refractivity contribution in [3.63, 3.8) is 0 Å². The van der Waals surface area contributed by atoms with Crippen molar-refractivity contribution in [2.75, 3.05) is 13.1 Å². The number of amides is 1. The highest BCUT2D eigenvalue weighted by Gasteiger charge is 2.34. The summed E-state index contributed by atoms with van der Waals surface area (Å²) in [4.78, 5) is 15.0. The van der Waals surface area contributed by atoms with Crippen molar-refractivity contribution < 1.29 is 13.2 Å². The van der Waals surface area contributed by atoms with E-state index in [1.807, 2.05) is 37.3 Å². The van der Waals surface area contributed by atoms with E-state index in [9.17, 15) is 13.2 Å². The first-order chi connectivity index (χ1) is 11.4. The minimum Gasteiger partial charge on any atom is -0.332 e. The highest BCUT2D eigenvalue weighted by atomic mass is 35.5. The Bertz CT molecular complexity index is 853. The van der Waals surface area contributed by atoms with Gasteiger partial charge in [-0.3, -0.25) is 4.79 Å². The van der Waals surface area contributed by atoms with E-state index in [1.165, 1.54) is 6.07 Å². The number of fused-ring (bicyclic) bond motifs is 1. The number of carbonyl (C=O) groups excluding carboxylic acids is 1. The Labute approximate surface area is 157 Å². The van der Waals surface area contributed by atoms with Crippen molar-refractivity contribution in [2.45, 2.75) is 23.7 Å². The Morgan fingerprint density at radius 3 is 2.60 bits per heavy atom. The highest BCUT2D eigenvalue weighted by Crippen LogP contribution is 2.35. The maximum Gasteiger partial charge on any atom is 0.264 e. The second-order valence-corrected chi connectivity index (χ2v) is 8.52. The zero-order valence-electron chi connectivity index (χ0n) is 13.6. The van der Waals surface area contributed by atoms with E-state index < -0.39 is 10.0 Å². The van der Waals surface area contributed by atoms with Crippen LogP contribution in [-0.2, 0) is 16.6 Å². The summed E-state index contributed by atoms with van der Waals surface area (Å²) in [5, 5.41) is 8.55. The molecule has 0 saturated carbocycles. The van der Waals surface area contributed by atoms with Crippen LogP contribution in [0, 0.1) is 0 Å². The molecule has 3 rings (SSSR count). The number of hydrogen-bond donors (Lipinski definition) is 2. The van der Waals surface area contributed by atoms with Gasteiger partial charge < -0.3 is 10.2 Å². The predicted molar refractivity (Wildman–Crippen MR) is 101 cm³/mol. The van der Waals surface area contributed by atoms with Gasteiger partial charge in [-0.2, -0.15) is 0 Å². The van der Waals surface area contributed by atoms with Crippen LogP contribution in [0.3, 0.4) is 0 Å². The van der Waals surface area contributed by atoms with Crippen LogP contribution >= 0.6 is 23.7 Å². The van der Waals surface area contributed by atoms with Crippen LogP contribution in [0.15, 0.2) is 40.6 Å². The van der Waals surface area contributed by atoms with Gasteiger partial charge in [0.15, 0.2) is 0 Å². The summed E-state index contributed by atoms with van der Waals surface area (Å²) < 4.78 is 23.3. The Morgan fingerprint density at radius 1 is 1.32 bits per heavy atom. The molecule has 25 heavy (non-hydrogen) atoms. The van der Waals surface area contributed by atoms with Crippen molar-refractivity contribution in [1.29, 1.82) is 0 Å². The molecule has 0 bridgehead atoms. The van der Waals surface area contributed by atoms with Crippen molar-refractivity contribution in [3.05, 3.63) is 52.4 Å². The first kappa shape index (κ1) is 19.9. The molecule has 1 aliphatic heterocycles. The molecule has 0 aliphatic carbocycles. The summed E-state index contributed by atoms with van der Waals surface area (Å²) in [7, 11) is -3.82. The molecule has 1 amide bonds. The van der Waals surface area contributed by atoms with E-state index in [2.05, 4.69) is 5.32 Å². The number of halogens is 1. The molecule has 0 saturated heterocycles. The van der Waals surface area contributed by atoms with Gasteiger partial charge in [-0.05, 0) is 23.7 Å². The Balaban J connectivity index is 0.00000225. The average Bonchev–Trinajstić information content (AvgIpc) is 2.99. The van der Waals surface area contributed by atoms with Crippen LogP contribution in [0.1, 0.15) is 33.8 Å². The Morgan fingerprint density at radius 2 is 2.00 bits per heavy atom. The number of primary sulfonamides is 1. The van der Waals surface area contributed by atoms with Gasteiger partial charge in [0.25, 0.3) is 5.91 Å². The molecule has 3 N–H and O–H groups in total. The average molecular weight is 402 g/mol. The first-order valence-corrected chi connectivity index (χ1v) is 9.99. The Kier molecular flexibility index (Phi) is 6.23. The van der Waals surface area contributed by atoms with E-state index in [1.54, 1.807) is 4.90 Å². The van der Waals surface area contributed by atoms with Gasteiger partial charge in [0.05, 0.1) is 10.9 Å². The van der Waals surface area contributed by atoms with Gasteiger partial charge in [0.1, 0.15) is 4.21 Å². The molecule has 1 aliphatic rings. The number of nitrogens with one attached hydrogen (secondary N) is 1. The second kappa shape index (κ2) is 7.84. The molecule has 0 radical (unpaired) electrons. The number of carbonyl (C=O) groups is 1. The molecule has 2 heterocycles. The molecule has 136 valence electrons. The third kappa shape index (κ3) is 4.21. The number of thiophene rings is 1. The lowest BCUT2D eigenvalue weighted by Gasteiger charge is -2.33. The summed E-state index contributed by atoms with van der Waals surface area (Å²) in [5.74, 6) is -0.150. The van der Waals surface area contributed by atoms with Gasteiger partial charge >= 0.3 is 0 Å². The summed E-state index contributed by atoms with van der Waals surface area (Å²) in [5.41, 5.74) is 1.76. The molecule has 1 aromatic carbocycles. The number of sulfonamides is 1. The number of benzene rings is 1. The molecule has 0 spiro atoms.